The van der Waals surface area contributed by atoms with Crippen molar-refractivity contribution in [2.45, 2.75) is 46.3 Å². The molecule has 0 aliphatic carbocycles. The Bertz CT molecular complexity index is 768. The minimum Gasteiger partial charge on any atom is -0.374 e. The van der Waals surface area contributed by atoms with Gasteiger partial charge in [-0.05, 0) is 20.3 Å². The summed E-state index contributed by atoms with van der Waals surface area (Å²) < 4.78 is 10.6. The van der Waals surface area contributed by atoms with E-state index in [2.05, 4.69) is 24.9 Å². The van der Waals surface area contributed by atoms with Gasteiger partial charge in [0.25, 0.3) is 0 Å². The second kappa shape index (κ2) is 8.95. The summed E-state index contributed by atoms with van der Waals surface area (Å²) in [5.41, 5.74) is 0.942. The molecule has 0 bridgehead atoms. The minimum absolute atomic E-state index is 0.166. The van der Waals surface area contributed by atoms with E-state index in [0.29, 0.717) is 23.4 Å². The van der Waals surface area contributed by atoms with Crippen molar-refractivity contribution in [2.75, 3.05) is 38.2 Å². The third-order valence-electron chi connectivity index (χ3n) is 4.87. The van der Waals surface area contributed by atoms with Crippen molar-refractivity contribution in [3.8, 4) is 0 Å². The number of halogens is 1. The normalized spacial score (nSPS) is 17.1. The predicted molar refractivity (Wildman–Crippen MR) is 103 cm³/mol. The first-order valence-electron chi connectivity index (χ1n) is 9.37. The van der Waals surface area contributed by atoms with Gasteiger partial charge in [-0.15, -0.1) is 0 Å². The monoisotopic (exact) mass is 394 g/mol. The number of aryl methyl sites for hydroxylation is 1. The molecule has 1 fully saturated rings. The summed E-state index contributed by atoms with van der Waals surface area (Å²) in [6.07, 6.45) is 1.63. The molecule has 1 aliphatic rings. The second-order valence-corrected chi connectivity index (χ2v) is 7.13. The van der Waals surface area contributed by atoms with Crippen LogP contribution in [0.15, 0.2) is 4.52 Å². The van der Waals surface area contributed by atoms with Gasteiger partial charge in [0.1, 0.15) is 22.9 Å². The van der Waals surface area contributed by atoms with Gasteiger partial charge in [-0.25, -0.2) is 9.97 Å². The number of aromatic nitrogens is 4. The number of nitrogens with zero attached hydrogens (tertiary/aromatic N) is 6. The van der Waals surface area contributed by atoms with Crippen molar-refractivity contribution in [2.24, 2.45) is 0 Å². The second-order valence-electron chi connectivity index (χ2n) is 6.77. The lowest BCUT2D eigenvalue weighted by Gasteiger charge is -2.24. The predicted octanol–water partition coefficient (Wildman–Crippen LogP) is 2.80. The third kappa shape index (κ3) is 4.75. The molecule has 0 aromatic carbocycles. The van der Waals surface area contributed by atoms with Gasteiger partial charge in [0.05, 0.1) is 6.54 Å². The van der Waals surface area contributed by atoms with Gasteiger partial charge in [-0.1, -0.05) is 23.7 Å². The largest absolute Gasteiger partial charge is 0.374 e. The van der Waals surface area contributed by atoms with Crippen molar-refractivity contribution in [1.82, 2.24) is 25.0 Å². The van der Waals surface area contributed by atoms with Crippen LogP contribution in [0.5, 0.6) is 0 Å². The molecule has 1 aliphatic heterocycles. The van der Waals surface area contributed by atoms with Crippen molar-refractivity contribution in [1.29, 1.82) is 0 Å². The fourth-order valence-electron chi connectivity index (χ4n) is 3.12. The zero-order chi connectivity index (χ0) is 19.4. The van der Waals surface area contributed by atoms with Crippen LogP contribution in [-0.2, 0) is 17.7 Å². The first-order chi connectivity index (χ1) is 13.0. The van der Waals surface area contributed by atoms with Gasteiger partial charge in [-0.2, -0.15) is 4.98 Å². The molecule has 0 saturated carbocycles. The molecule has 0 N–H and O–H groups in total. The van der Waals surface area contributed by atoms with E-state index < -0.39 is 0 Å². The van der Waals surface area contributed by atoms with Gasteiger partial charge in [0.15, 0.2) is 5.82 Å². The lowest BCUT2D eigenvalue weighted by Crippen LogP contribution is -2.31. The van der Waals surface area contributed by atoms with Crippen LogP contribution in [0.25, 0.3) is 0 Å². The molecule has 3 rings (SSSR count). The lowest BCUT2D eigenvalue weighted by molar-refractivity contribution is 0.109. The van der Waals surface area contributed by atoms with Gasteiger partial charge >= 0.3 is 0 Å². The van der Waals surface area contributed by atoms with Crippen molar-refractivity contribution in [3.63, 3.8) is 0 Å². The molecule has 9 heteroatoms. The summed E-state index contributed by atoms with van der Waals surface area (Å²) in [5.74, 6) is 2.94. The molecule has 2 aromatic rings. The Balaban J connectivity index is 1.66. The number of hydrogen-bond acceptors (Lipinski definition) is 8. The summed E-state index contributed by atoms with van der Waals surface area (Å²) in [6.45, 7) is 10.2. The zero-order valence-electron chi connectivity index (χ0n) is 16.4. The van der Waals surface area contributed by atoms with Crippen LogP contribution in [0, 0.1) is 6.92 Å². The number of methoxy groups -OCH3 is 1. The molecule has 3 heterocycles. The van der Waals surface area contributed by atoms with Crippen LogP contribution in [0.1, 0.15) is 49.5 Å². The van der Waals surface area contributed by atoms with E-state index in [4.69, 9.17) is 25.8 Å². The zero-order valence-corrected chi connectivity index (χ0v) is 17.2. The molecule has 0 amide bonds. The number of hydrogen-bond donors (Lipinski definition) is 0. The highest BCUT2D eigenvalue weighted by molar-refractivity contribution is 6.30. The van der Waals surface area contributed by atoms with Crippen LogP contribution in [0.3, 0.4) is 0 Å². The molecule has 1 saturated heterocycles. The van der Waals surface area contributed by atoms with Crippen LogP contribution in [-0.4, -0.2) is 58.3 Å². The summed E-state index contributed by atoms with van der Waals surface area (Å²) in [4.78, 5) is 18.1. The van der Waals surface area contributed by atoms with Crippen molar-refractivity contribution in [3.05, 3.63) is 28.3 Å². The minimum atomic E-state index is -0.166. The van der Waals surface area contributed by atoms with Gasteiger partial charge in [0, 0.05) is 45.3 Å². The number of anilines is 1. The van der Waals surface area contributed by atoms with Crippen molar-refractivity contribution < 1.29 is 9.26 Å². The van der Waals surface area contributed by atoms with E-state index in [-0.39, 0.29) is 6.10 Å². The Morgan fingerprint density at radius 3 is 2.74 bits per heavy atom. The molecule has 0 radical (unpaired) electrons. The molecule has 1 unspecified atom stereocenters. The van der Waals surface area contributed by atoms with Gasteiger partial charge in [0.2, 0.25) is 5.89 Å². The standard InChI is InChI=1S/C18H27ClN6O2/c1-5-14-20-16(19)12(2)18(21-14)25-8-6-7-24(9-10-25)11-15-22-17(23-27-15)13(3)26-4/h13H,5-11H2,1-4H3. The summed E-state index contributed by atoms with van der Waals surface area (Å²) in [6, 6.07) is 0. The van der Waals surface area contributed by atoms with E-state index in [1.54, 1.807) is 7.11 Å². The lowest BCUT2D eigenvalue weighted by atomic mass is 10.3. The van der Waals surface area contributed by atoms with Crippen molar-refractivity contribution >= 4 is 17.4 Å². The van der Waals surface area contributed by atoms with Crippen LogP contribution in [0.2, 0.25) is 5.15 Å². The molecule has 2 aromatic heterocycles. The molecular formula is C18H27ClN6O2. The van der Waals surface area contributed by atoms with Crippen LogP contribution in [0.4, 0.5) is 5.82 Å². The Kier molecular flexibility index (Phi) is 6.62. The Hall–Kier alpha value is -1.77. The highest BCUT2D eigenvalue weighted by Gasteiger charge is 2.21. The SMILES string of the molecule is CCc1nc(Cl)c(C)c(N2CCCN(Cc3nc(C(C)OC)no3)CC2)n1. The maximum absolute atomic E-state index is 6.31. The molecular weight excluding hydrogens is 368 g/mol. The Labute approximate surface area is 164 Å². The highest BCUT2D eigenvalue weighted by atomic mass is 35.5. The van der Waals surface area contributed by atoms with E-state index >= 15 is 0 Å². The number of rotatable bonds is 6. The van der Waals surface area contributed by atoms with Crippen LogP contribution >= 0.6 is 11.6 Å². The summed E-state index contributed by atoms with van der Waals surface area (Å²) >= 11 is 6.31. The number of ether oxygens (including phenoxy) is 1. The smallest absolute Gasteiger partial charge is 0.240 e. The fourth-order valence-corrected chi connectivity index (χ4v) is 3.30. The quantitative estimate of drug-likeness (QED) is 0.692. The average Bonchev–Trinajstić information content (AvgIpc) is 3.01. The van der Waals surface area contributed by atoms with E-state index in [0.717, 1.165) is 56.2 Å². The molecule has 27 heavy (non-hydrogen) atoms. The summed E-state index contributed by atoms with van der Waals surface area (Å²) in [7, 11) is 1.63. The maximum Gasteiger partial charge on any atom is 0.240 e. The van der Waals surface area contributed by atoms with Gasteiger partial charge < -0.3 is 14.2 Å². The molecule has 1 atom stereocenters. The molecule has 148 valence electrons. The van der Waals surface area contributed by atoms with Crippen LogP contribution < -0.4 is 4.90 Å². The first-order valence-corrected chi connectivity index (χ1v) is 9.75. The van der Waals surface area contributed by atoms with E-state index in [1.165, 1.54) is 0 Å². The topological polar surface area (TPSA) is 80.4 Å². The first kappa shape index (κ1) is 20.0. The Morgan fingerprint density at radius 1 is 1.19 bits per heavy atom. The van der Waals surface area contributed by atoms with Gasteiger partial charge in [-0.3, -0.25) is 4.90 Å². The summed E-state index contributed by atoms with van der Waals surface area (Å²) in [5, 5.41) is 4.54. The van der Waals surface area contributed by atoms with E-state index in [1.807, 2.05) is 20.8 Å². The Morgan fingerprint density at radius 2 is 2.00 bits per heavy atom. The van der Waals surface area contributed by atoms with E-state index in [9.17, 15) is 0 Å². The maximum atomic E-state index is 6.31. The average molecular weight is 395 g/mol. The highest BCUT2D eigenvalue weighted by Crippen LogP contribution is 2.25. The molecule has 8 nitrogen and oxygen atoms in total. The third-order valence-corrected chi connectivity index (χ3v) is 5.24. The fraction of sp³-hybridized carbons (Fsp3) is 0.667. The molecule has 0 spiro atoms.